The Labute approximate surface area is 177 Å². The van der Waals surface area contributed by atoms with Crippen LogP contribution in [0.4, 0.5) is 0 Å². The summed E-state index contributed by atoms with van der Waals surface area (Å²) in [4.78, 5) is 39.9. The summed E-state index contributed by atoms with van der Waals surface area (Å²) < 4.78 is 5.14. The van der Waals surface area contributed by atoms with Gasteiger partial charge in [0, 0.05) is 25.1 Å². The predicted octanol–water partition coefficient (Wildman–Crippen LogP) is 2.83. The van der Waals surface area contributed by atoms with Crippen LogP contribution in [0.15, 0.2) is 60.7 Å². The van der Waals surface area contributed by atoms with Crippen molar-refractivity contribution < 1.29 is 19.1 Å². The first-order valence-electron chi connectivity index (χ1n) is 10.4. The predicted molar refractivity (Wildman–Crippen MR) is 114 cm³/mol. The molecule has 2 amide bonds. The molecule has 2 aromatic carbocycles. The molecule has 1 fully saturated rings. The minimum atomic E-state index is -0.707. The van der Waals surface area contributed by atoms with Crippen LogP contribution < -0.4 is 5.32 Å². The van der Waals surface area contributed by atoms with Crippen molar-refractivity contribution in [3.05, 3.63) is 71.8 Å². The van der Waals surface area contributed by atoms with Crippen LogP contribution >= 0.6 is 0 Å². The van der Waals surface area contributed by atoms with E-state index in [1.54, 1.807) is 36.1 Å². The molecule has 3 rings (SSSR count). The lowest BCUT2D eigenvalue weighted by Crippen LogP contribution is -2.53. The zero-order chi connectivity index (χ0) is 21.3. The molecular weight excluding hydrogens is 380 g/mol. The van der Waals surface area contributed by atoms with Crippen LogP contribution in [0.2, 0.25) is 0 Å². The molecule has 1 aliphatic rings. The van der Waals surface area contributed by atoms with Crippen LogP contribution in [-0.4, -0.2) is 48.4 Å². The number of amides is 2. The van der Waals surface area contributed by atoms with E-state index in [0.717, 1.165) is 12.0 Å². The van der Waals surface area contributed by atoms with Gasteiger partial charge in [-0.25, -0.2) is 0 Å². The topological polar surface area (TPSA) is 75.7 Å². The fourth-order valence-corrected chi connectivity index (χ4v) is 3.73. The molecule has 1 heterocycles. The molecule has 2 atom stereocenters. The molecule has 0 aliphatic carbocycles. The van der Waals surface area contributed by atoms with Crippen molar-refractivity contribution in [2.75, 3.05) is 19.7 Å². The highest BCUT2D eigenvalue weighted by molar-refractivity contribution is 5.97. The van der Waals surface area contributed by atoms with Gasteiger partial charge in [0.1, 0.15) is 6.04 Å². The molecule has 0 saturated carbocycles. The van der Waals surface area contributed by atoms with Crippen LogP contribution in [0.1, 0.15) is 35.7 Å². The van der Waals surface area contributed by atoms with Crippen molar-refractivity contribution in [3.63, 3.8) is 0 Å². The fraction of sp³-hybridized carbons (Fsp3) is 0.375. The van der Waals surface area contributed by atoms with E-state index < -0.39 is 6.04 Å². The molecule has 6 heteroatoms. The summed E-state index contributed by atoms with van der Waals surface area (Å²) >= 11 is 0. The summed E-state index contributed by atoms with van der Waals surface area (Å²) in [6, 6.07) is 17.8. The molecule has 1 saturated heterocycles. The van der Waals surface area contributed by atoms with Crippen molar-refractivity contribution in [2.45, 2.75) is 32.2 Å². The van der Waals surface area contributed by atoms with Crippen molar-refractivity contribution in [3.8, 4) is 0 Å². The molecule has 0 bridgehead atoms. The van der Waals surface area contributed by atoms with Gasteiger partial charge in [0.05, 0.1) is 12.5 Å². The summed E-state index contributed by atoms with van der Waals surface area (Å²) in [5.41, 5.74) is 1.47. The molecule has 0 radical (unpaired) electrons. The van der Waals surface area contributed by atoms with E-state index in [2.05, 4.69) is 5.32 Å². The van der Waals surface area contributed by atoms with Crippen molar-refractivity contribution in [1.29, 1.82) is 0 Å². The van der Waals surface area contributed by atoms with Gasteiger partial charge < -0.3 is 15.0 Å². The smallest absolute Gasteiger partial charge is 0.310 e. The Balaban J connectivity index is 1.75. The number of hydrogen-bond donors (Lipinski definition) is 1. The van der Waals surface area contributed by atoms with Gasteiger partial charge in [-0.1, -0.05) is 48.5 Å². The maximum atomic E-state index is 13.4. The van der Waals surface area contributed by atoms with Crippen molar-refractivity contribution in [2.24, 2.45) is 5.92 Å². The minimum Gasteiger partial charge on any atom is -0.466 e. The number of nitrogens with zero attached hydrogens (tertiary/aromatic N) is 1. The number of benzene rings is 2. The zero-order valence-electron chi connectivity index (χ0n) is 17.3. The Morgan fingerprint density at radius 3 is 2.40 bits per heavy atom. The highest BCUT2D eigenvalue weighted by atomic mass is 16.5. The van der Waals surface area contributed by atoms with Gasteiger partial charge in [-0.3, -0.25) is 14.4 Å². The van der Waals surface area contributed by atoms with Gasteiger partial charge in [0.15, 0.2) is 0 Å². The lowest BCUT2D eigenvalue weighted by atomic mass is 9.96. The highest BCUT2D eigenvalue weighted by Crippen LogP contribution is 2.19. The first kappa shape index (κ1) is 21.6. The number of rotatable bonds is 7. The molecule has 0 spiro atoms. The average Bonchev–Trinajstić information content (AvgIpc) is 2.79. The summed E-state index contributed by atoms with van der Waals surface area (Å²) in [7, 11) is 0. The fourth-order valence-electron chi connectivity index (χ4n) is 3.73. The highest BCUT2D eigenvalue weighted by Gasteiger charge is 2.33. The van der Waals surface area contributed by atoms with Gasteiger partial charge in [0.25, 0.3) is 5.91 Å². The number of carbonyl (C=O) groups excluding carboxylic acids is 3. The van der Waals surface area contributed by atoms with Gasteiger partial charge in [0.2, 0.25) is 5.91 Å². The second kappa shape index (κ2) is 10.6. The maximum absolute atomic E-state index is 13.4. The second-order valence-corrected chi connectivity index (χ2v) is 7.46. The van der Waals surface area contributed by atoms with Crippen LogP contribution in [0, 0.1) is 5.92 Å². The van der Waals surface area contributed by atoms with Gasteiger partial charge >= 0.3 is 5.97 Å². The summed E-state index contributed by atoms with van der Waals surface area (Å²) in [5.74, 6) is -1.03. The Morgan fingerprint density at radius 1 is 1.07 bits per heavy atom. The summed E-state index contributed by atoms with van der Waals surface area (Å²) in [5, 5.41) is 2.90. The molecule has 2 aromatic rings. The van der Waals surface area contributed by atoms with Gasteiger partial charge in [-0.15, -0.1) is 0 Å². The number of nitrogens with one attached hydrogen (secondary N) is 1. The molecule has 2 unspecified atom stereocenters. The molecule has 30 heavy (non-hydrogen) atoms. The Kier molecular flexibility index (Phi) is 7.60. The average molecular weight is 408 g/mol. The van der Waals surface area contributed by atoms with E-state index in [4.69, 9.17) is 4.74 Å². The van der Waals surface area contributed by atoms with Crippen LogP contribution in [0.25, 0.3) is 0 Å². The number of ether oxygens (including phenoxy) is 1. The number of esters is 1. The van der Waals surface area contributed by atoms with E-state index in [0.29, 0.717) is 38.1 Å². The Morgan fingerprint density at radius 2 is 1.73 bits per heavy atom. The molecule has 158 valence electrons. The van der Waals surface area contributed by atoms with E-state index >= 15 is 0 Å². The Hall–Kier alpha value is -3.15. The molecule has 1 aliphatic heterocycles. The minimum absolute atomic E-state index is 0.169. The third-order valence-electron chi connectivity index (χ3n) is 5.28. The van der Waals surface area contributed by atoms with E-state index in [9.17, 15) is 14.4 Å². The largest absolute Gasteiger partial charge is 0.466 e. The second-order valence-electron chi connectivity index (χ2n) is 7.46. The SMILES string of the molecule is CCOC(=O)C1CCCN(C(=O)C(Cc2ccccc2)NC(=O)c2ccccc2)C1. The molecule has 0 aromatic heterocycles. The standard InChI is InChI=1S/C24H28N2O4/c1-2-30-24(29)20-14-9-15-26(17-20)23(28)21(16-18-10-5-3-6-11-18)25-22(27)19-12-7-4-8-13-19/h3-8,10-13,20-21H,2,9,14-17H2,1H3,(H,25,27). The van der Waals surface area contributed by atoms with Crippen LogP contribution in [0.5, 0.6) is 0 Å². The van der Waals surface area contributed by atoms with E-state index in [1.807, 2.05) is 36.4 Å². The lowest BCUT2D eigenvalue weighted by molar-refractivity contribution is -0.151. The monoisotopic (exact) mass is 408 g/mol. The zero-order valence-corrected chi connectivity index (χ0v) is 17.3. The maximum Gasteiger partial charge on any atom is 0.310 e. The van der Waals surface area contributed by atoms with Crippen LogP contribution in [-0.2, 0) is 20.7 Å². The van der Waals surface area contributed by atoms with Crippen LogP contribution in [0.3, 0.4) is 0 Å². The van der Waals surface area contributed by atoms with Crippen molar-refractivity contribution >= 4 is 17.8 Å². The number of hydrogen-bond acceptors (Lipinski definition) is 4. The summed E-state index contributed by atoms with van der Waals surface area (Å²) in [6.45, 7) is 3.00. The van der Waals surface area contributed by atoms with E-state index in [1.165, 1.54) is 0 Å². The molecule has 1 N–H and O–H groups in total. The molecular formula is C24H28N2O4. The van der Waals surface area contributed by atoms with Gasteiger partial charge in [-0.2, -0.15) is 0 Å². The first-order valence-corrected chi connectivity index (χ1v) is 10.4. The number of carbonyl (C=O) groups is 3. The number of likely N-dealkylation sites (tertiary alicyclic amines) is 1. The normalized spacial score (nSPS) is 17.1. The van der Waals surface area contributed by atoms with E-state index in [-0.39, 0.29) is 23.7 Å². The Bertz CT molecular complexity index is 854. The molecule has 6 nitrogen and oxygen atoms in total. The first-order chi connectivity index (χ1) is 14.6. The van der Waals surface area contributed by atoms with Gasteiger partial charge in [-0.05, 0) is 37.5 Å². The lowest BCUT2D eigenvalue weighted by Gasteiger charge is -2.34. The third-order valence-corrected chi connectivity index (χ3v) is 5.28. The summed E-state index contributed by atoms with van der Waals surface area (Å²) in [6.07, 6.45) is 1.83. The quantitative estimate of drug-likeness (QED) is 0.715. The third kappa shape index (κ3) is 5.69. The number of piperidine rings is 1. The van der Waals surface area contributed by atoms with Crippen molar-refractivity contribution in [1.82, 2.24) is 10.2 Å².